The number of halogens is 3. The first-order chi connectivity index (χ1) is 15.3. The molecule has 0 spiro atoms. The SMILES string of the molecule is O=C(O)C(F)(F)F.O=C(c1ccnnc1)N1CCOC2CCC1C2OCc1cccnc1. The molecule has 4 rings (SSSR count). The molecule has 2 bridgehead atoms. The summed E-state index contributed by atoms with van der Waals surface area (Å²) in [4.78, 5) is 27.8. The third-order valence-corrected chi connectivity index (χ3v) is 5.06. The van der Waals surface area contributed by atoms with Crippen LogP contribution in [-0.4, -0.2) is 74.6 Å². The molecule has 1 aliphatic heterocycles. The van der Waals surface area contributed by atoms with Crippen molar-refractivity contribution >= 4 is 11.9 Å². The van der Waals surface area contributed by atoms with Gasteiger partial charge >= 0.3 is 12.1 Å². The van der Waals surface area contributed by atoms with E-state index in [4.69, 9.17) is 19.4 Å². The number of hydrogen-bond donors (Lipinski definition) is 1. The fraction of sp³-hybridized carbons (Fsp3) is 0.450. The molecule has 3 atom stereocenters. The molecule has 1 saturated heterocycles. The van der Waals surface area contributed by atoms with Crippen molar-refractivity contribution in [2.45, 2.75) is 43.9 Å². The summed E-state index contributed by atoms with van der Waals surface area (Å²) in [5, 5.41) is 14.7. The van der Waals surface area contributed by atoms with Crippen LogP contribution in [0.2, 0.25) is 0 Å². The Morgan fingerprint density at radius 3 is 2.59 bits per heavy atom. The van der Waals surface area contributed by atoms with E-state index in [1.54, 1.807) is 18.5 Å². The van der Waals surface area contributed by atoms with Gasteiger partial charge in [-0.05, 0) is 30.5 Å². The van der Waals surface area contributed by atoms with Crippen LogP contribution < -0.4 is 0 Å². The first-order valence-electron chi connectivity index (χ1n) is 9.77. The minimum absolute atomic E-state index is 0.0184. The van der Waals surface area contributed by atoms with Crippen molar-refractivity contribution in [1.82, 2.24) is 20.1 Å². The van der Waals surface area contributed by atoms with E-state index in [0.717, 1.165) is 18.4 Å². The number of pyridine rings is 1. The number of carbonyl (C=O) groups excluding carboxylic acids is 1. The smallest absolute Gasteiger partial charge is 0.475 e. The number of nitrogens with zero attached hydrogens (tertiary/aromatic N) is 4. The molecule has 2 aromatic rings. The zero-order valence-corrected chi connectivity index (χ0v) is 16.8. The molecule has 12 heteroatoms. The quantitative estimate of drug-likeness (QED) is 0.747. The van der Waals surface area contributed by atoms with Gasteiger partial charge in [0.05, 0.1) is 43.3 Å². The van der Waals surface area contributed by atoms with Crippen molar-refractivity contribution in [2.24, 2.45) is 0 Å². The van der Waals surface area contributed by atoms with Crippen LogP contribution in [0.4, 0.5) is 13.2 Å². The number of ether oxygens (including phenoxy) is 2. The molecule has 172 valence electrons. The monoisotopic (exact) mass is 454 g/mol. The van der Waals surface area contributed by atoms with Crippen molar-refractivity contribution in [3.63, 3.8) is 0 Å². The number of aromatic nitrogens is 3. The first kappa shape index (κ1) is 23.5. The highest BCUT2D eigenvalue weighted by molar-refractivity contribution is 5.94. The van der Waals surface area contributed by atoms with E-state index < -0.39 is 12.1 Å². The van der Waals surface area contributed by atoms with Gasteiger partial charge in [0.1, 0.15) is 6.10 Å². The largest absolute Gasteiger partial charge is 0.490 e. The zero-order valence-electron chi connectivity index (χ0n) is 16.8. The van der Waals surface area contributed by atoms with Crippen LogP contribution in [-0.2, 0) is 20.9 Å². The van der Waals surface area contributed by atoms with E-state index in [1.807, 2.05) is 17.0 Å². The van der Waals surface area contributed by atoms with Gasteiger partial charge in [-0.25, -0.2) is 4.79 Å². The lowest BCUT2D eigenvalue weighted by molar-refractivity contribution is -0.192. The van der Waals surface area contributed by atoms with E-state index >= 15 is 0 Å². The highest BCUT2D eigenvalue weighted by atomic mass is 19.4. The topological polar surface area (TPSA) is 115 Å². The van der Waals surface area contributed by atoms with Crippen LogP contribution in [0, 0.1) is 0 Å². The molecular formula is C20H21F3N4O5. The molecule has 0 aromatic carbocycles. The van der Waals surface area contributed by atoms with Gasteiger partial charge in [-0.3, -0.25) is 9.78 Å². The summed E-state index contributed by atoms with van der Waals surface area (Å²) in [5.74, 6) is -2.80. The number of aliphatic carboxylic acids is 1. The van der Waals surface area contributed by atoms with Crippen molar-refractivity contribution in [2.75, 3.05) is 13.2 Å². The van der Waals surface area contributed by atoms with Crippen LogP contribution in [0.1, 0.15) is 28.8 Å². The lowest BCUT2D eigenvalue weighted by Crippen LogP contribution is -2.46. The van der Waals surface area contributed by atoms with Gasteiger partial charge in [0, 0.05) is 18.9 Å². The van der Waals surface area contributed by atoms with Crippen LogP contribution in [0.25, 0.3) is 0 Å². The number of amides is 1. The molecular weight excluding hydrogens is 433 g/mol. The van der Waals surface area contributed by atoms with Crippen LogP contribution in [0.5, 0.6) is 0 Å². The number of carboxylic acids is 1. The van der Waals surface area contributed by atoms with Gasteiger partial charge in [0.15, 0.2) is 0 Å². The molecule has 3 heterocycles. The predicted molar refractivity (Wildman–Crippen MR) is 102 cm³/mol. The summed E-state index contributed by atoms with van der Waals surface area (Å²) in [5.41, 5.74) is 1.56. The molecule has 1 amide bonds. The molecule has 1 saturated carbocycles. The Labute approximate surface area is 181 Å². The Kier molecular flexibility index (Phi) is 7.70. The molecule has 0 radical (unpaired) electrons. The number of rotatable bonds is 4. The van der Waals surface area contributed by atoms with Gasteiger partial charge < -0.3 is 19.5 Å². The Morgan fingerprint density at radius 2 is 1.97 bits per heavy atom. The van der Waals surface area contributed by atoms with Crippen molar-refractivity contribution in [1.29, 1.82) is 0 Å². The van der Waals surface area contributed by atoms with Crippen LogP contribution >= 0.6 is 0 Å². The number of carboxylic acid groups (broad SMARTS) is 1. The van der Waals surface area contributed by atoms with Crippen LogP contribution in [0.3, 0.4) is 0 Å². The molecule has 2 aliphatic rings. The average Bonchev–Trinajstić information content (AvgIpc) is 3.08. The summed E-state index contributed by atoms with van der Waals surface area (Å²) in [6, 6.07) is 5.59. The predicted octanol–water partition coefficient (Wildman–Crippen LogP) is 2.09. The van der Waals surface area contributed by atoms with Gasteiger partial charge in [0.25, 0.3) is 5.91 Å². The highest BCUT2D eigenvalue weighted by Gasteiger charge is 2.45. The van der Waals surface area contributed by atoms with E-state index in [2.05, 4.69) is 15.2 Å². The summed E-state index contributed by atoms with van der Waals surface area (Å²) < 4.78 is 43.9. The maximum absolute atomic E-state index is 12.9. The molecule has 32 heavy (non-hydrogen) atoms. The minimum atomic E-state index is -5.08. The van der Waals surface area contributed by atoms with Gasteiger partial charge in [0.2, 0.25) is 0 Å². The number of fused-ring (bicyclic) bond motifs is 2. The molecule has 9 nitrogen and oxygen atoms in total. The molecule has 2 aromatic heterocycles. The minimum Gasteiger partial charge on any atom is -0.475 e. The summed E-state index contributed by atoms with van der Waals surface area (Å²) >= 11 is 0. The van der Waals surface area contributed by atoms with Gasteiger partial charge in [-0.15, -0.1) is 0 Å². The fourth-order valence-electron chi connectivity index (χ4n) is 3.62. The molecule has 1 aliphatic carbocycles. The van der Waals surface area contributed by atoms with Crippen molar-refractivity contribution in [3.8, 4) is 0 Å². The van der Waals surface area contributed by atoms with E-state index in [1.165, 1.54) is 12.4 Å². The normalized spacial score (nSPS) is 22.5. The first-order valence-corrected chi connectivity index (χ1v) is 9.77. The molecule has 1 N–H and O–H groups in total. The number of hydrogen-bond acceptors (Lipinski definition) is 7. The summed E-state index contributed by atoms with van der Waals surface area (Å²) in [6.07, 6.45) is 3.20. The summed E-state index contributed by atoms with van der Waals surface area (Å²) in [7, 11) is 0. The Bertz CT molecular complexity index is 901. The van der Waals surface area contributed by atoms with Crippen LogP contribution in [0.15, 0.2) is 43.0 Å². The number of alkyl halides is 3. The average molecular weight is 454 g/mol. The Morgan fingerprint density at radius 1 is 1.19 bits per heavy atom. The lowest BCUT2D eigenvalue weighted by atomic mass is 10.1. The molecule has 3 unspecified atom stereocenters. The second-order valence-electron chi connectivity index (χ2n) is 7.12. The fourth-order valence-corrected chi connectivity index (χ4v) is 3.62. The second-order valence-corrected chi connectivity index (χ2v) is 7.12. The van der Waals surface area contributed by atoms with E-state index in [9.17, 15) is 18.0 Å². The highest BCUT2D eigenvalue weighted by Crippen LogP contribution is 2.33. The van der Waals surface area contributed by atoms with Gasteiger partial charge in [-0.1, -0.05) is 6.07 Å². The third-order valence-electron chi connectivity index (χ3n) is 5.06. The number of carbonyl (C=O) groups is 2. The lowest BCUT2D eigenvalue weighted by Gasteiger charge is -2.31. The maximum atomic E-state index is 12.9. The second kappa shape index (κ2) is 10.5. The van der Waals surface area contributed by atoms with E-state index in [-0.39, 0.29) is 24.2 Å². The van der Waals surface area contributed by atoms with Crippen molar-refractivity contribution < 1.29 is 37.3 Å². The van der Waals surface area contributed by atoms with Crippen molar-refractivity contribution in [3.05, 3.63) is 54.1 Å². The third kappa shape index (κ3) is 5.98. The summed E-state index contributed by atoms with van der Waals surface area (Å²) in [6.45, 7) is 1.56. The Balaban J connectivity index is 0.000000360. The standard InChI is InChI=1S/C18H20N4O3.C2HF3O2/c23-18(14-5-7-20-21-11-14)22-8-9-24-16-4-3-15(22)17(16)25-12-13-2-1-6-19-10-13;3-2(4,5)1(6)7/h1-2,5-7,10-11,15-17H,3-4,8-9,12H2;(H,6,7). The Hall–Kier alpha value is -3.12. The van der Waals surface area contributed by atoms with Gasteiger partial charge in [-0.2, -0.15) is 23.4 Å². The molecule has 2 fully saturated rings. The zero-order chi connectivity index (χ0) is 23.1. The van der Waals surface area contributed by atoms with E-state index in [0.29, 0.717) is 25.3 Å². The maximum Gasteiger partial charge on any atom is 0.490 e.